The number of esters is 1. The van der Waals surface area contributed by atoms with Gasteiger partial charge in [0.1, 0.15) is 12.1 Å². The van der Waals surface area contributed by atoms with Gasteiger partial charge in [-0.05, 0) is 109 Å². The van der Waals surface area contributed by atoms with E-state index in [4.69, 9.17) is 14.9 Å². The molecule has 0 aliphatic carbocycles. The Hall–Kier alpha value is -3.98. The third-order valence-electron chi connectivity index (χ3n) is 10.4. The zero-order valence-electron chi connectivity index (χ0n) is 39.1. The molecular formula is C53H88N2O7. The smallest absolute Gasteiger partial charge is 0.328 e. The standard InChI is InChI=1S/C53H88N2O7/c1-3-5-7-9-11-13-15-17-18-19-20-21-22-23-24-26-28-30-32-37-41-45-52(59)62-48(42-38-34-31-29-27-25-16-14-12-10-8-6-4-2)43-39-35-33-36-40-44-50(57)54-46-51(58)55-49(47-56)53(60)61/h5,7,11,13,17-18,20-21,23-24,28-31,48-49,56H,3-4,6,8-10,12,14-16,19,22,25-27,32-47H2,1-2H3,(H,54,57)(H,55,58)(H,60,61)/b7-5-,13-11-,18-17-,21-20-,24-23-,30-28-,31-29-. The summed E-state index contributed by atoms with van der Waals surface area (Å²) in [5, 5.41) is 22.6. The lowest BCUT2D eigenvalue weighted by molar-refractivity contribution is -0.150. The third-order valence-corrected chi connectivity index (χ3v) is 10.4. The van der Waals surface area contributed by atoms with E-state index in [1.54, 1.807) is 0 Å². The van der Waals surface area contributed by atoms with Crippen LogP contribution in [0.1, 0.15) is 200 Å². The number of hydrogen-bond donors (Lipinski definition) is 4. The second-order valence-corrected chi connectivity index (χ2v) is 16.2. The van der Waals surface area contributed by atoms with Gasteiger partial charge in [-0.1, -0.05) is 163 Å². The minimum Gasteiger partial charge on any atom is -0.480 e. The lowest BCUT2D eigenvalue weighted by atomic mass is 10.0. The number of carboxylic acids is 1. The van der Waals surface area contributed by atoms with Crippen molar-refractivity contribution in [2.75, 3.05) is 13.2 Å². The second-order valence-electron chi connectivity index (χ2n) is 16.2. The van der Waals surface area contributed by atoms with Crippen LogP contribution in [0.25, 0.3) is 0 Å². The van der Waals surface area contributed by atoms with Gasteiger partial charge in [0.25, 0.3) is 0 Å². The van der Waals surface area contributed by atoms with Crippen molar-refractivity contribution < 1.29 is 34.1 Å². The summed E-state index contributed by atoms with van der Waals surface area (Å²) in [6, 6.07) is -1.39. The van der Waals surface area contributed by atoms with Crippen LogP contribution in [0.4, 0.5) is 0 Å². The van der Waals surface area contributed by atoms with E-state index >= 15 is 0 Å². The SMILES string of the molecule is CC/C=C\C/C=C\C/C=C\C/C=C\C/C=C\C/C=C\CCCCC(=O)OC(CCC/C=C\CCCCCCCCCC)CCCCCCCC(=O)NCC(=O)NC(CO)C(=O)O. The van der Waals surface area contributed by atoms with E-state index in [1.807, 2.05) is 0 Å². The van der Waals surface area contributed by atoms with Crippen LogP contribution in [0, 0.1) is 0 Å². The number of aliphatic hydroxyl groups excluding tert-OH is 1. The van der Waals surface area contributed by atoms with E-state index in [0.29, 0.717) is 12.8 Å². The lowest BCUT2D eigenvalue weighted by Crippen LogP contribution is -2.47. The molecule has 2 unspecified atom stereocenters. The topological polar surface area (TPSA) is 142 Å². The van der Waals surface area contributed by atoms with E-state index < -0.39 is 24.5 Å². The number of unbranched alkanes of at least 4 members (excludes halogenated alkanes) is 15. The number of ether oxygens (including phenoxy) is 1. The van der Waals surface area contributed by atoms with Gasteiger partial charge in [0.2, 0.25) is 11.8 Å². The highest BCUT2D eigenvalue weighted by molar-refractivity contribution is 5.87. The average Bonchev–Trinajstić information content (AvgIpc) is 3.26. The number of aliphatic carboxylic acids is 1. The molecule has 0 saturated heterocycles. The van der Waals surface area contributed by atoms with Gasteiger partial charge in [-0.3, -0.25) is 14.4 Å². The number of hydrogen-bond acceptors (Lipinski definition) is 6. The number of amides is 2. The molecule has 0 saturated carbocycles. The first-order chi connectivity index (χ1) is 30.3. The zero-order chi connectivity index (χ0) is 45.4. The molecule has 0 heterocycles. The van der Waals surface area contributed by atoms with Crippen LogP contribution in [-0.4, -0.2) is 59.3 Å². The molecular weight excluding hydrogens is 777 g/mol. The van der Waals surface area contributed by atoms with Gasteiger partial charge in [-0.25, -0.2) is 4.79 Å². The number of aliphatic hydroxyl groups is 1. The van der Waals surface area contributed by atoms with Crippen molar-refractivity contribution >= 4 is 23.8 Å². The van der Waals surface area contributed by atoms with Crippen molar-refractivity contribution in [1.82, 2.24) is 10.6 Å². The Morgan fingerprint density at radius 2 is 0.935 bits per heavy atom. The minimum atomic E-state index is -1.39. The molecule has 62 heavy (non-hydrogen) atoms. The number of allylic oxidation sites excluding steroid dienone is 14. The Morgan fingerprint density at radius 3 is 1.48 bits per heavy atom. The van der Waals surface area contributed by atoms with Crippen LogP contribution in [0.15, 0.2) is 85.1 Å². The highest BCUT2D eigenvalue weighted by atomic mass is 16.5. The van der Waals surface area contributed by atoms with Crippen LogP contribution in [0.5, 0.6) is 0 Å². The highest BCUT2D eigenvalue weighted by Gasteiger charge is 2.19. The van der Waals surface area contributed by atoms with E-state index in [-0.39, 0.29) is 30.9 Å². The Labute approximate surface area is 377 Å². The highest BCUT2D eigenvalue weighted by Crippen LogP contribution is 2.17. The van der Waals surface area contributed by atoms with Crippen LogP contribution >= 0.6 is 0 Å². The maximum absolute atomic E-state index is 12.8. The first-order valence-corrected chi connectivity index (χ1v) is 24.5. The Morgan fingerprint density at radius 1 is 0.500 bits per heavy atom. The van der Waals surface area contributed by atoms with Gasteiger partial charge in [0.05, 0.1) is 13.2 Å². The summed E-state index contributed by atoms with van der Waals surface area (Å²) >= 11 is 0. The molecule has 9 nitrogen and oxygen atoms in total. The molecule has 0 rings (SSSR count). The van der Waals surface area contributed by atoms with Crippen LogP contribution in [0.2, 0.25) is 0 Å². The molecule has 352 valence electrons. The van der Waals surface area contributed by atoms with E-state index in [2.05, 4.69) is 110 Å². The fourth-order valence-corrected chi connectivity index (χ4v) is 6.66. The number of rotatable bonds is 43. The molecule has 9 heteroatoms. The van der Waals surface area contributed by atoms with Crippen molar-refractivity contribution in [3.63, 3.8) is 0 Å². The van der Waals surface area contributed by atoms with Gasteiger partial charge in [-0.15, -0.1) is 0 Å². The Balaban J connectivity index is 4.43. The molecule has 0 bridgehead atoms. The molecule has 0 spiro atoms. The van der Waals surface area contributed by atoms with E-state index in [1.165, 1.54) is 51.4 Å². The summed E-state index contributed by atoms with van der Waals surface area (Å²) in [5.74, 6) is -2.37. The molecule has 0 aromatic carbocycles. The third kappa shape index (κ3) is 42.7. The lowest BCUT2D eigenvalue weighted by Gasteiger charge is -2.18. The van der Waals surface area contributed by atoms with Gasteiger partial charge in [0, 0.05) is 12.8 Å². The number of carbonyl (C=O) groups excluding carboxylic acids is 3. The molecule has 4 N–H and O–H groups in total. The number of carbonyl (C=O) groups is 4. The number of carboxylic acid groups (broad SMARTS) is 1. The summed E-state index contributed by atoms with van der Waals surface area (Å²) in [5.41, 5.74) is 0. The molecule has 0 aliphatic rings. The van der Waals surface area contributed by atoms with Crippen LogP contribution in [-0.2, 0) is 23.9 Å². The molecule has 2 amide bonds. The first-order valence-electron chi connectivity index (χ1n) is 24.5. The summed E-state index contributed by atoms with van der Waals surface area (Å²) in [7, 11) is 0. The number of nitrogens with one attached hydrogen (secondary N) is 2. The van der Waals surface area contributed by atoms with Crippen molar-refractivity contribution in [2.24, 2.45) is 0 Å². The van der Waals surface area contributed by atoms with Crippen LogP contribution < -0.4 is 10.6 Å². The van der Waals surface area contributed by atoms with E-state index in [0.717, 1.165) is 116 Å². The summed E-state index contributed by atoms with van der Waals surface area (Å²) in [6.45, 7) is 3.36. The molecule has 0 radical (unpaired) electrons. The maximum atomic E-state index is 12.8. The Kier molecular flexibility index (Phi) is 43.5. The summed E-state index contributed by atoms with van der Waals surface area (Å²) in [6.07, 6.45) is 60.4. The van der Waals surface area contributed by atoms with Gasteiger partial charge in [-0.2, -0.15) is 0 Å². The van der Waals surface area contributed by atoms with Gasteiger partial charge >= 0.3 is 11.9 Å². The molecule has 0 aliphatic heterocycles. The van der Waals surface area contributed by atoms with Crippen molar-refractivity contribution in [3.05, 3.63) is 85.1 Å². The van der Waals surface area contributed by atoms with Gasteiger partial charge in [0.15, 0.2) is 0 Å². The Bertz CT molecular complexity index is 1310. The van der Waals surface area contributed by atoms with Crippen molar-refractivity contribution in [1.29, 1.82) is 0 Å². The normalized spacial score (nSPS) is 13.2. The summed E-state index contributed by atoms with van der Waals surface area (Å²) < 4.78 is 6.01. The average molecular weight is 865 g/mol. The minimum absolute atomic E-state index is 0.0737. The largest absolute Gasteiger partial charge is 0.480 e. The summed E-state index contributed by atoms with van der Waals surface area (Å²) in [4.78, 5) is 47.7. The monoisotopic (exact) mass is 865 g/mol. The first kappa shape index (κ1) is 58.0. The second kappa shape index (κ2) is 46.5. The molecule has 2 atom stereocenters. The van der Waals surface area contributed by atoms with Crippen molar-refractivity contribution in [2.45, 2.75) is 212 Å². The fraction of sp³-hybridized carbons (Fsp3) is 0.660. The predicted octanol–water partition coefficient (Wildman–Crippen LogP) is 12.8. The van der Waals surface area contributed by atoms with Crippen molar-refractivity contribution in [3.8, 4) is 0 Å². The quantitative estimate of drug-likeness (QED) is 0.0272. The maximum Gasteiger partial charge on any atom is 0.328 e. The molecule has 0 fully saturated rings. The van der Waals surface area contributed by atoms with E-state index in [9.17, 15) is 19.2 Å². The predicted molar refractivity (Wildman–Crippen MR) is 259 cm³/mol. The fourth-order valence-electron chi connectivity index (χ4n) is 6.66. The molecule has 0 aromatic rings. The van der Waals surface area contributed by atoms with Crippen LogP contribution in [0.3, 0.4) is 0 Å². The zero-order valence-corrected chi connectivity index (χ0v) is 39.1. The van der Waals surface area contributed by atoms with Gasteiger partial charge < -0.3 is 25.6 Å². The molecule has 0 aromatic heterocycles.